The van der Waals surface area contributed by atoms with Gasteiger partial charge in [-0.1, -0.05) is 0 Å². The summed E-state index contributed by atoms with van der Waals surface area (Å²) in [6.45, 7) is 0.670. The van der Waals surface area contributed by atoms with Gasteiger partial charge in [0, 0.05) is 37.1 Å². The molecule has 1 aliphatic rings. The van der Waals surface area contributed by atoms with E-state index >= 15 is 0 Å². The molecule has 3 aromatic heterocycles. The molecular weight excluding hydrogens is 411 g/mol. The van der Waals surface area contributed by atoms with E-state index in [0.717, 1.165) is 11.6 Å². The smallest absolute Gasteiger partial charge is 0.449 e. The van der Waals surface area contributed by atoms with Crippen LogP contribution in [0.2, 0.25) is 0 Å². The van der Waals surface area contributed by atoms with Gasteiger partial charge in [0.15, 0.2) is 5.76 Å². The topological polar surface area (TPSA) is 77.0 Å². The highest BCUT2D eigenvalue weighted by Crippen LogP contribution is 2.36. The quantitative estimate of drug-likeness (QED) is 0.486. The number of alkyl halides is 3. The lowest BCUT2D eigenvalue weighted by Gasteiger charge is -2.26. The summed E-state index contributed by atoms with van der Waals surface area (Å²) in [4.78, 5) is 23.1. The Hall–Kier alpha value is -3.69. The maximum Gasteiger partial charge on any atom is 0.449 e. The van der Waals surface area contributed by atoms with Gasteiger partial charge in [-0.2, -0.15) is 18.3 Å². The van der Waals surface area contributed by atoms with Crippen LogP contribution >= 0.6 is 0 Å². The van der Waals surface area contributed by atoms with Crippen LogP contribution in [0.25, 0.3) is 22.5 Å². The lowest BCUT2D eigenvalue weighted by Crippen LogP contribution is -2.36. The monoisotopic (exact) mass is 427 g/mol. The minimum Gasteiger partial charge on any atom is -0.450 e. The van der Waals surface area contributed by atoms with Crippen LogP contribution in [0.1, 0.15) is 27.4 Å². The molecule has 1 aromatic carbocycles. The van der Waals surface area contributed by atoms with E-state index in [2.05, 4.69) is 15.1 Å². The van der Waals surface area contributed by atoms with Gasteiger partial charge in [-0.15, -0.1) is 0 Å². The van der Waals surface area contributed by atoms with Crippen LogP contribution in [0.3, 0.4) is 0 Å². The predicted octanol–water partition coefficient (Wildman–Crippen LogP) is 3.84. The van der Waals surface area contributed by atoms with Crippen LogP contribution in [0.4, 0.5) is 13.2 Å². The van der Waals surface area contributed by atoms with Gasteiger partial charge in [-0.25, -0.2) is 0 Å². The molecule has 7 nitrogen and oxygen atoms in total. The van der Waals surface area contributed by atoms with E-state index in [1.807, 2.05) is 0 Å². The minimum absolute atomic E-state index is 0.108. The summed E-state index contributed by atoms with van der Waals surface area (Å²) in [5.74, 6) is -1.11. The van der Waals surface area contributed by atoms with E-state index in [0.29, 0.717) is 41.0 Å². The molecule has 0 saturated carbocycles. The summed E-state index contributed by atoms with van der Waals surface area (Å²) in [6.07, 6.45) is -0.937. The Balaban J connectivity index is 1.43. The summed E-state index contributed by atoms with van der Waals surface area (Å²) < 4.78 is 45.3. The molecule has 4 aromatic rings. The number of fused-ring (bicyclic) bond motifs is 2. The summed E-state index contributed by atoms with van der Waals surface area (Å²) in [6, 6.07) is 7.37. The number of halogens is 3. The van der Waals surface area contributed by atoms with Crippen molar-refractivity contribution >= 4 is 16.9 Å². The Bertz CT molecular complexity index is 1310. The number of furan rings is 1. The number of aromatic nitrogens is 4. The zero-order valence-electron chi connectivity index (χ0n) is 16.3. The predicted molar refractivity (Wildman–Crippen MR) is 104 cm³/mol. The number of carbonyl (C=O) groups excluding carboxylic acids is 1. The van der Waals surface area contributed by atoms with Gasteiger partial charge in [-0.05, 0) is 36.8 Å². The molecule has 158 valence electrons. The van der Waals surface area contributed by atoms with Gasteiger partial charge in [0.05, 0.1) is 23.3 Å². The van der Waals surface area contributed by atoms with Crippen molar-refractivity contribution in [2.45, 2.75) is 19.1 Å². The Morgan fingerprint density at radius 2 is 1.87 bits per heavy atom. The Kier molecular flexibility index (Phi) is 4.31. The van der Waals surface area contributed by atoms with Gasteiger partial charge < -0.3 is 9.32 Å². The van der Waals surface area contributed by atoms with Crippen LogP contribution in [0.15, 0.2) is 47.1 Å². The van der Waals surface area contributed by atoms with Crippen LogP contribution < -0.4 is 0 Å². The number of hydrogen-bond acceptors (Lipinski definition) is 5. The fourth-order valence-corrected chi connectivity index (χ4v) is 3.90. The van der Waals surface area contributed by atoms with E-state index < -0.39 is 11.9 Å². The first kappa shape index (κ1) is 19.3. The third kappa shape index (κ3) is 3.33. The molecule has 0 radical (unpaired) electrons. The summed E-state index contributed by atoms with van der Waals surface area (Å²) in [5, 5.41) is 4.43. The molecule has 0 spiro atoms. The first-order valence-corrected chi connectivity index (χ1v) is 9.53. The van der Waals surface area contributed by atoms with Crippen molar-refractivity contribution in [2.24, 2.45) is 7.05 Å². The number of amides is 1. The molecule has 0 bridgehead atoms. The summed E-state index contributed by atoms with van der Waals surface area (Å²) in [7, 11) is 1.65. The maximum absolute atomic E-state index is 13.0. The SMILES string of the molecule is Cn1nc2c(c1-c1ccc(C(F)(F)F)o1)CCN(C(=O)c1ccc3nccnc3c1)C2. The molecule has 0 saturated heterocycles. The fourth-order valence-electron chi connectivity index (χ4n) is 3.90. The number of carbonyl (C=O) groups is 1. The van der Waals surface area contributed by atoms with Crippen molar-refractivity contribution in [3.8, 4) is 11.5 Å². The zero-order chi connectivity index (χ0) is 21.8. The third-order valence-corrected chi connectivity index (χ3v) is 5.32. The number of rotatable bonds is 2. The third-order valence-electron chi connectivity index (χ3n) is 5.32. The van der Waals surface area contributed by atoms with Crippen molar-refractivity contribution in [1.82, 2.24) is 24.6 Å². The van der Waals surface area contributed by atoms with Gasteiger partial charge in [0.1, 0.15) is 5.69 Å². The highest BCUT2D eigenvalue weighted by atomic mass is 19.4. The molecule has 0 atom stereocenters. The normalized spacial score (nSPS) is 14.1. The molecule has 1 aliphatic heterocycles. The van der Waals surface area contributed by atoms with E-state index in [-0.39, 0.29) is 18.2 Å². The molecule has 0 unspecified atom stereocenters. The lowest BCUT2D eigenvalue weighted by atomic mass is 10.0. The minimum atomic E-state index is -4.55. The van der Waals surface area contributed by atoms with Crippen molar-refractivity contribution in [2.75, 3.05) is 6.54 Å². The molecule has 0 N–H and O–H groups in total. The van der Waals surface area contributed by atoms with E-state index in [9.17, 15) is 18.0 Å². The second-order valence-corrected chi connectivity index (χ2v) is 7.30. The van der Waals surface area contributed by atoms with E-state index in [1.54, 1.807) is 42.5 Å². The van der Waals surface area contributed by atoms with Crippen LogP contribution in [-0.4, -0.2) is 37.1 Å². The maximum atomic E-state index is 13.0. The number of aryl methyl sites for hydroxylation is 1. The molecule has 4 heterocycles. The zero-order valence-corrected chi connectivity index (χ0v) is 16.3. The molecule has 10 heteroatoms. The molecular formula is C21H16F3N5O2. The lowest BCUT2D eigenvalue weighted by molar-refractivity contribution is -0.152. The second-order valence-electron chi connectivity index (χ2n) is 7.30. The molecule has 5 rings (SSSR count). The van der Waals surface area contributed by atoms with Crippen LogP contribution in [0, 0.1) is 0 Å². The van der Waals surface area contributed by atoms with Crippen LogP contribution in [0.5, 0.6) is 0 Å². The highest BCUT2D eigenvalue weighted by Gasteiger charge is 2.36. The van der Waals surface area contributed by atoms with E-state index in [1.165, 1.54) is 10.7 Å². The Morgan fingerprint density at radius 1 is 1.10 bits per heavy atom. The molecule has 1 amide bonds. The average molecular weight is 427 g/mol. The average Bonchev–Trinajstić information content (AvgIpc) is 3.36. The van der Waals surface area contributed by atoms with Gasteiger partial charge in [0.25, 0.3) is 5.91 Å². The fraction of sp³-hybridized carbons (Fsp3) is 0.238. The largest absolute Gasteiger partial charge is 0.450 e. The number of nitrogens with zero attached hydrogens (tertiary/aromatic N) is 5. The van der Waals surface area contributed by atoms with Gasteiger partial charge >= 0.3 is 6.18 Å². The van der Waals surface area contributed by atoms with Crippen molar-refractivity contribution < 1.29 is 22.4 Å². The first-order valence-electron chi connectivity index (χ1n) is 9.53. The van der Waals surface area contributed by atoms with Crippen LogP contribution in [-0.2, 0) is 26.2 Å². The van der Waals surface area contributed by atoms with E-state index in [4.69, 9.17) is 4.42 Å². The van der Waals surface area contributed by atoms with Gasteiger partial charge in [0.2, 0.25) is 5.76 Å². The van der Waals surface area contributed by atoms with Gasteiger partial charge in [-0.3, -0.25) is 19.4 Å². The Labute approximate surface area is 174 Å². The summed E-state index contributed by atoms with van der Waals surface area (Å²) in [5.41, 5.74) is 3.75. The standard InChI is InChI=1S/C21H16F3N5O2/c1-28-19(17-4-5-18(31-17)21(22,23)24)13-6-9-29(11-16(13)27-28)20(30)12-2-3-14-15(10-12)26-8-7-25-14/h2-5,7-8,10H,6,9,11H2,1H3. The molecule has 0 aliphatic carbocycles. The highest BCUT2D eigenvalue weighted by molar-refractivity contribution is 5.97. The Morgan fingerprint density at radius 3 is 2.61 bits per heavy atom. The number of hydrogen-bond donors (Lipinski definition) is 0. The molecule has 0 fully saturated rings. The van der Waals surface area contributed by atoms with Crippen molar-refractivity contribution in [3.05, 3.63) is 65.3 Å². The second kappa shape index (κ2) is 6.93. The number of benzene rings is 1. The molecule has 31 heavy (non-hydrogen) atoms. The van der Waals surface area contributed by atoms with Crippen molar-refractivity contribution in [1.29, 1.82) is 0 Å². The van der Waals surface area contributed by atoms with Crippen molar-refractivity contribution in [3.63, 3.8) is 0 Å². The summed E-state index contributed by atoms with van der Waals surface area (Å²) >= 11 is 0. The first-order chi connectivity index (χ1) is 14.8.